The van der Waals surface area contributed by atoms with Crippen LogP contribution in [-0.2, 0) is 6.54 Å². The average Bonchev–Trinajstić information content (AvgIpc) is 2.35. The SMILES string of the molecule is Nc1ccc(NCc2ccc(F)c(Cl)c2)cc1N. The van der Waals surface area contributed by atoms with E-state index in [0.29, 0.717) is 17.9 Å². The number of hydrogen-bond donors (Lipinski definition) is 3. The van der Waals surface area contributed by atoms with Gasteiger partial charge in [-0.1, -0.05) is 17.7 Å². The first kappa shape index (κ1) is 12.5. The molecule has 0 atom stereocenters. The number of rotatable bonds is 3. The average molecular weight is 266 g/mol. The van der Waals surface area contributed by atoms with Gasteiger partial charge in [0.2, 0.25) is 0 Å². The molecule has 0 spiro atoms. The predicted octanol–water partition coefficient (Wildman–Crippen LogP) is 3.26. The highest BCUT2D eigenvalue weighted by Crippen LogP contribution is 2.21. The van der Waals surface area contributed by atoms with Gasteiger partial charge in [-0.15, -0.1) is 0 Å². The molecule has 5 N–H and O–H groups in total. The molecule has 0 heterocycles. The molecule has 2 rings (SSSR count). The Kier molecular flexibility index (Phi) is 3.58. The number of halogens is 2. The van der Waals surface area contributed by atoms with Crippen LogP contribution in [0.25, 0.3) is 0 Å². The van der Waals surface area contributed by atoms with E-state index in [1.165, 1.54) is 6.07 Å². The third-order valence-electron chi connectivity index (χ3n) is 2.57. The molecule has 0 unspecified atom stereocenters. The predicted molar refractivity (Wildman–Crippen MR) is 74.0 cm³/mol. The molecule has 0 radical (unpaired) electrons. The number of hydrogen-bond acceptors (Lipinski definition) is 3. The maximum atomic E-state index is 13.0. The highest BCUT2D eigenvalue weighted by molar-refractivity contribution is 6.30. The molecule has 0 saturated heterocycles. The summed E-state index contributed by atoms with van der Waals surface area (Å²) >= 11 is 5.70. The molecule has 94 valence electrons. The van der Waals surface area contributed by atoms with Crippen LogP contribution < -0.4 is 16.8 Å². The van der Waals surface area contributed by atoms with Crippen molar-refractivity contribution >= 4 is 28.7 Å². The van der Waals surface area contributed by atoms with Crippen molar-refractivity contribution in [3.63, 3.8) is 0 Å². The molecule has 18 heavy (non-hydrogen) atoms. The lowest BCUT2D eigenvalue weighted by atomic mass is 10.2. The molecule has 0 amide bonds. The maximum absolute atomic E-state index is 13.0. The van der Waals surface area contributed by atoms with Gasteiger partial charge in [0.15, 0.2) is 0 Å². The molecule has 2 aromatic carbocycles. The Hall–Kier alpha value is -1.94. The topological polar surface area (TPSA) is 64.1 Å². The zero-order valence-electron chi connectivity index (χ0n) is 9.58. The van der Waals surface area contributed by atoms with Crippen LogP contribution in [0.2, 0.25) is 5.02 Å². The van der Waals surface area contributed by atoms with Crippen molar-refractivity contribution in [3.8, 4) is 0 Å². The maximum Gasteiger partial charge on any atom is 0.141 e. The van der Waals surface area contributed by atoms with Gasteiger partial charge in [-0.25, -0.2) is 4.39 Å². The highest BCUT2D eigenvalue weighted by Gasteiger charge is 2.01. The summed E-state index contributed by atoms with van der Waals surface area (Å²) in [5.41, 5.74) is 14.1. The third kappa shape index (κ3) is 2.84. The Bertz CT molecular complexity index is 521. The zero-order chi connectivity index (χ0) is 13.1. The normalized spacial score (nSPS) is 10.3. The summed E-state index contributed by atoms with van der Waals surface area (Å²) in [6.07, 6.45) is 0. The van der Waals surface area contributed by atoms with Crippen LogP contribution in [0.5, 0.6) is 0 Å². The first-order valence-electron chi connectivity index (χ1n) is 5.39. The van der Waals surface area contributed by atoms with Crippen LogP contribution >= 0.6 is 11.6 Å². The zero-order valence-corrected chi connectivity index (χ0v) is 10.3. The fourth-order valence-electron chi connectivity index (χ4n) is 1.54. The van der Waals surface area contributed by atoms with E-state index < -0.39 is 5.82 Å². The van der Waals surface area contributed by atoms with E-state index >= 15 is 0 Å². The van der Waals surface area contributed by atoms with Crippen molar-refractivity contribution in [2.45, 2.75) is 6.54 Å². The molecule has 0 aliphatic rings. The van der Waals surface area contributed by atoms with Gasteiger partial charge in [0.1, 0.15) is 5.82 Å². The van der Waals surface area contributed by atoms with Crippen molar-refractivity contribution in [3.05, 3.63) is 52.8 Å². The van der Waals surface area contributed by atoms with Crippen molar-refractivity contribution < 1.29 is 4.39 Å². The lowest BCUT2D eigenvalue weighted by molar-refractivity contribution is 0.627. The van der Waals surface area contributed by atoms with Crippen molar-refractivity contribution in [2.24, 2.45) is 0 Å². The first-order chi connectivity index (χ1) is 8.56. The minimum atomic E-state index is -0.419. The minimum Gasteiger partial charge on any atom is -0.397 e. The van der Waals surface area contributed by atoms with Gasteiger partial charge in [0, 0.05) is 12.2 Å². The van der Waals surface area contributed by atoms with Gasteiger partial charge < -0.3 is 16.8 Å². The fraction of sp³-hybridized carbons (Fsp3) is 0.0769. The van der Waals surface area contributed by atoms with E-state index in [1.54, 1.807) is 24.3 Å². The molecular weight excluding hydrogens is 253 g/mol. The van der Waals surface area contributed by atoms with Crippen LogP contribution in [0.4, 0.5) is 21.5 Å². The van der Waals surface area contributed by atoms with Gasteiger partial charge in [-0.2, -0.15) is 0 Å². The summed E-state index contributed by atoms with van der Waals surface area (Å²) in [5, 5.41) is 3.28. The second-order valence-electron chi connectivity index (χ2n) is 3.95. The standard InChI is InChI=1S/C13H13ClFN3/c14-10-5-8(1-3-11(10)15)7-18-9-2-4-12(16)13(17)6-9/h1-6,18H,7,16-17H2. The highest BCUT2D eigenvalue weighted by atomic mass is 35.5. The van der Waals surface area contributed by atoms with Crippen molar-refractivity contribution in [1.82, 2.24) is 0 Å². The molecule has 0 aliphatic carbocycles. The van der Waals surface area contributed by atoms with E-state index in [0.717, 1.165) is 11.3 Å². The lowest BCUT2D eigenvalue weighted by Gasteiger charge is -2.09. The summed E-state index contributed by atoms with van der Waals surface area (Å²) in [5.74, 6) is -0.419. The second kappa shape index (κ2) is 5.14. The van der Waals surface area contributed by atoms with E-state index in [9.17, 15) is 4.39 Å². The van der Waals surface area contributed by atoms with Gasteiger partial charge in [0.25, 0.3) is 0 Å². The molecule has 0 aliphatic heterocycles. The Morgan fingerprint density at radius 2 is 1.83 bits per heavy atom. The summed E-state index contributed by atoms with van der Waals surface area (Å²) in [6, 6.07) is 9.92. The molecule has 0 aromatic heterocycles. The second-order valence-corrected chi connectivity index (χ2v) is 4.35. The van der Waals surface area contributed by atoms with E-state index in [1.807, 2.05) is 6.07 Å². The monoisotopic (exact) mass is 265 g/mol. The number of benzene rings is 2. The van der Waals surface area contributed by atoms with E-state index in [4.69, 9.17) is 23.1 Å². The van der Waals surface area contributed by atoms with Crippen molar-refractivity contribution in [2.75, 3.05) is 16.8 Å². The molecule has 2 aromatic rings. The summed E-state index contributed by atoms with van der Waals surface area (Å²) in [7, 11) is 0. The molecule has 0 bridgehead atoms. The van der Waals surface area contributed by atoms with Gasteiger partial charge >= 0.3 is 0 Å². The number of nitrogens with one attached hydrogen (secondary N) is 1. The van der Waals surface area contributed by atoms with Crippen LogP contribution in [0.15, 0.2) is 36.4 Å². The number of anilines is 3. The molecule has 0 fully saturated rings. The molecule has 0 saturated carbocycles. The van der Waals surface area contributed by atoms with Crippen molar-refractivity contribution in [1.29, 1.82) is 0 Å². The quantitative estimate of drug-likeness (QED) is 0.747. The molecule has 5 heteroatoms. The summed E-state index contributed by atoms with van der Waals surface area (Å²) in [6.45, 7) is 0.531. The molecular formula is C13H13ClFN3. The van der Waals surface area contributed by atoms with Crippen LogP contribution in [0, 0.1) is 5.82 Å². The Labute approximate surface area is 110 Å². The van der Waals surface area contributed by atoms with Gasteiger partial charge in [0.05, 0.1) is 16.4 Å². The summed E-state index contributed by atoms with van der Waals surface area (Å²) < 4.78 is 13.0. The third-order valence-corrected chi connectivity index (χ3v) is 2.86. The fourth-order valence-corrected chi connectivity index (χ4v) is 1.74. The van der Waals surface area contributed by atoms with Gasteiger partial charge in [-0.05, 0) is 35.9 Å². The van der Waals surface area contributed by atoms with Gasteiger partial charge in [-0.3, -0.25) is 0 Å². The molecule has 3 nitrogen and oxygen atoms in total. The number of nitrogens with two attached hydrogens (primary N) is 2. The van der Waals surface area contributed by atoms with Crippen LogP contribution in [0.3, 0.4) is 0 Å². The Balaban J connectivity index is 2.06. The number of nitrogen functional groups attached to an aromatic ring is 2. The smallest absolute Gasteiger partial charge is 0.141 e. The van der Waals surface area contributed by atoms with Crippen LogP contribution in [-0.4, -0.2) is 0 Å². The Morgan fingerprint density at radius 3 is 2.50 bits per heavy atom. The lowest BCUT2D eigenvalue weighted by Crippen LogP contribution is -2.01. The summed E-state index contributed by atoms with van der Waals surface area (Å²) in [4.78, 5) is 0. The minimum absolute atomic E-state index is 0.117. The van der Waals surface area contributed by atoms with E-state index in [2.05, 4.69) is 5.32 Å². The van der Waals surface area contributed by atoms with Crippen LogP contribution in [0.1, 0.15) is 5.56 Å². The Morgan fingerprint density at radius 1 is 1.06 bits per heavy atom. The van der Waals surface area contributed by atoms with E-state index in [-0.39, 0.29) is 5.02 Å². The largest absolute Gasteiger partial charge is 0.397 e. The first-order valence-corrected chi connectivity index (χ1v) is 5.77.